The second kappa shape index (κ2) is 8.98. The van der Waals surface area contributed by atoms with E-state index in [2.05, 4.69) is 4.98 Å². The Morgan fingerprint density at radius 2 is 1.85 bits per heavy atom. The molecule has 0 spiro atoms. The van der Waals surface area contributed by atoms with Crippen LogP contribution >= 0.6 is 0 Å². The molecule has 148 valence electrons. The Hall–Kier alpha value is -1.42. The Labute approximate surface area is 150 Å². The zero-order valence-corrected chi connectivity index (χ0v) is 14.7. The van der Waals surface area contributed by atoms with Crippen LogP contribution in [0.15, 0.2) is 18.5 Å². The average Bonchev–Trinajstić information content (AvgIpc) is 3.12. The van der Waals surface area contributed by atoms with Gasteiger partial charge in [-0.1, -0.05) is 0 Å². The van der Waals surface area contributed by atoms with E-state index >= 15 is 0 Å². The minimum atomic E-state index is -4.29. The molecule has 2 aliphatic heterocycles. The summed E-state index contributed by atoms with van der Waals surface area (Å²) in [5.41, 5.74) is -0.373. The molecule has 0 aromatic carbocycles. The number of halogens is 3. The largest absolute Gasteiger partial charge is 0.418 e. The molecule has 2 fully saturated rings. The Kier molecular flexibility index (Phi) is 7.22. The number of likely N-dealkylation sites (tertiary alicyclic amines) is 1. The highest BCUT2D eigenvalue weighted by Crippen LogP contribution is 2.36. The van der Waals surface area contributed by atoms with Crippen molar-refractivity contribution in [2.75, 3.05) is 38.2 Å². The number of hydrogen-bond donors (Lipinski definition) is 3. The summed E-state index contributed by atoms with van der Waals surface area (Å²) in [7, 11) is 1.83. The van der Waals surface area contributed by atoms with Crippen LogP contribution in [0.5, 0.6) is 0 Å². The summed E-state index contributed by atoms with van der Waals surface area (Å²) >= 11 is 0. The van der Waals surface area contributed by atoms with E-state index in [1.54, 1.807) is 4.90 Å². The van der Waals surface area contributed by atoms with Gasteiger partial charge in [-0.05, 0) is 32.4 Å². The molecule has 0 aliphatic carbocycles. The zero-order valence-electron chi connectivity index (χ0n) is 14.7. The van der Waals surface area contributed by atoms with Crippen molar-refractivity contribution in [1.29, 1.82) is 0 Å². The SMILES string of the molecule is CN1C[C@H](O)C(O)C[C@@H]1CO.FC(F)(F)c1ccncc1N1CCCC1. The summed E-state index contributed by atoms with van der Waals surface area (Å²) in [4.78, 5) is 7.37. The standard InChI is InChI=1S/C10H11F3N2.C7H15NO3/c11-10(12,13)8-3-4-14-7-9(8)15-5-1-2-6-15;1-8-3-7(11)6(10)2-5(8)4-9/h3-4,7H,1-2,5-6H2;5-7,9-11H,2-4H2,1H3/t;5-,6?,7+/m.1/s1. The molecule has 0 amide bonds. The third kappa shape index (κ3) is 5.29. The third-order valence-electron chi connectivity index (χ3n) is 4.82. The van der Waals surface area contributed by atoms with Gasteiger partial charge < -0.3 is 20.2 Å². The predicted octanol–water partition coefficient (Wildman–Crippen LogP) is 1.11. The molecule has 26 heavy (non-hydrogen) atoms. The van der Waals surface area contributed by atoms with Gasteiger partial charge in [0.1, 0.15) is 0 Å². The number of pyridine rings is 1. The number of piperidine rings is 1. The molecule has 3 heterocycles. The lowest BCUT2D eigenvalue weighted by atomic mass is 9.98. The van der Waals surface area contributed by atoms with E-state index in [0.717, 1.165) is 18.9 Å². The third-order valence-corrected chi connectivity index (χ3v) is 4.82. The highest BCUT2D eigenvalue weighted by Gasteiger charge is 2.35. The molecule has 1 aromatic heterocycles. The fourth-order valence-electron chi connectivity index (χ4n) is 3.23. The highest BCUT2D eigenvalue weighted by molar-refractivity contribution is 5.53. The molecule has 2 saturated heterocycles. The van der Waals surface area contributed by atoms with E-state index in [1.807, 2.05) is 11.9 Å². The van der Waals surface area contributed by atoms with Crippen molar-refractivity contribution >= 4 is 5.69 Å². The van der Waals surface area contributed by atoms with Gasteiger partial charge in [0.15, 0.2) is 0 Å². The molecule has 3 rings (SSSR count). The first-order valence-corrected chi connectivity index (χ1v) is 8.67. The number of likely N-dealkylation sites (N-methyl/N-ethyl adjacent to an activating group) is 1. The predicted molar refractivity (Wildman–Crippen MR) is 90.8 cm³/mol. The summed E-state index contributed by atoms with van der Waals surface area (Å²) in [6, 6.07) is 1.03. The van der Waals surface area contributed by atoms with Crippen molar-refractivity contribution in [3.05, 3.63) is 24.0 Å². The molecule has 0 saturated carbocycles. The molecule has 0 radical (unpaired) electrons. The number of β-amino-alcohol motifs (C(OH)–C–C–N with tert-alkyl or cyclic N) is 1. The number of hydrogen-bond acceptors (Lipinski definition) is 6. The second-order valence-corrected chi connectivity index (χ2v) is 6.73. The Morgan fingerprint density at radius 1 is 1.19 bits per heavy atom. The topological polar surface area (TPSA) is 80.1 Å². The zero-order chi connectivity index (χ0) is 19.3. The monoisotopic (exact) mass is 377 g/mol. The van der Waals surface area contributed by atoms with E-state index in [4.69, 9.17) is 5.11 Å². The van der Waals surface area contributed by atoms with Crippen LogP contribution in [0, 0.1) is 0 Å². The molecular formula is C17H26F3N3O3. The number of rotatable bonds is 2. The quantitative estimate of drug-likeness (QED) is 0.717. The maximum Gasteiger partial charge on any atom is 0.418 e. The van der Waals surface area contributed by atoms with Crippen molar-refractivity contribution in [2.24, 2.45) is 0 Å². The summed E-state index contributed by atoms with van der Waals surface area (Å²) in [6.07, 6.45) is -0.796. The van der Waals surface area contributed by atoms with Gasteiger partial charge in [-0.3, -0.25) is 9.88 Å². The first kappa shape index (κ1) is 20.9. The van der Waals surface area contributed by atoms with Crippen molar-refractivity contribution in [1.82, 2.24) is 9.88 Å². The van der Waals surface area contributed by atoms with Crippen molar-refractivity contribution < 1.29 is 28.5 Å². The summed E-state index contributed by atoms with van der Waals surface area (Å²) in [6.45, 7) is 1.86. The molecule has 1 aromatic rings. The second-order valence-electron chi connectivity index (χ2n) is 6.73. The average molecular weight is 377 g/mol. The fourth-order valence-corrected chi connectivity index (χ4v) is 3.23. The Morgan fingerprint density at radius 3 is 2.42 bits per heavy atom. The molecule has 0 bridgehead atoms. The van der Waals surface area contributed by atoms with Crippen LogP contribution in [-0.2, 0) is 6.18 Å². The Bertz CT molecular complexity index is 568. The fraction of sp³-hybridized carbons (Fsp3) is 0.706. The first-order valence-electron chi connectivity index (χ1n) is 8.67. The lowest BCUT2D eigenvalue weighted by Crippen LogP contribution is -2.51. The lowest BCUT2D eigenvalue weighted by molar-refractivity contribution is -0.137. The lowest BCUT2D eigenvalue weighted by Gasteiger charge is -2.37. The maximum absolute atomic E-state index is 12.6. The molecule has 9 heteroatoms. The van der Waals surface area contributed by atoms with Crippen molar-refractivity contribution in [3.63, 3.8) is 0 Å². The number of aliphatic hydroxyl groups excluding tert-OH is 3. The van der Waals surface area contributed by atoms with Crippen molar-refractivity contribution in [2.45, 2.75) is 43.7 Å². The van der Waals surface area contributed by atoms with E-state index in [-0.39, 0.29) is 18.3 Å². The normalized spacial score (nSPS) is 27.2. The molecule has 2 aliphatic rings. The molecule has 1 unspecified atom stereocenters. The molecular weight excluding hydrogens is 351 g/mol. The van der Waals surface area contributed by atoms with Crippen LogP contribution in [-0.4, -0.2) is 76.7 Å². The van der Waals surface area contributed by atoms with Gasteiger partial charge in [0, 0.05) is 31.9 Å². The van der Waals surface area contributed by atoms with Gasteiger partial charge in [0.05, 0.1) is 36.3 Å². The van der Waals surface area contributed by atoms with Crippen LogP contribution in [0.4, 0.5) is 18.9 Å². The van der Waals surface area contributed by atoms with E-state index in [1.165, 1.54) is 12.4 Å². The number of nitrogens with zero attached hydrogens (tertiary/aromatic N) is 3. The van der Waals surface area contributed by atoms with Crippen molar-refractivity contribution in [3.8, 4) is 0 Å². The summed E-state index contributed by atoms with van der Waals surface area (Å²) in [5.74, 6) is 0. The molecule has 3 atom stereocenters. The van der Waals surface area contributed by atoms with E-state index in [9.17, 15) is 23.4 Å². The maximum atomic E-state index is 12.6. The van der Waals surface area contributed by atoms with Gasteiger partial charge in [0.2, 0.25) is 0 Å². The van der Waals surface area contributed by atoms with Crippen LogP contribution in [0.1, 0.15) is 24.8 Å². The molecule has 3 N–H and O–H groups in total. The molecule has 6 nitrogen and oxygen atoms in total. The smallest absolute Gasteiger partial charge is 0.395 e. The van der Waals surface area contributed by atoms with Crippen LogP contribution in [0.2, 0.25) is 0 Å². The number of alkyl halides is 3. The minimum Gasteiger partial charge on any atom is -0.395 e. The highest BCUT2D eigenvalue weighted by atomic mass is 19.4. The van der Waals surface area contributed by atoms with E-state index in [0.29, 0.717) is 26.1 Å². The van der Waals surface area contributed by atoms with E-state index < -0.39 is 23.9 Å². The van der Waals surface area contributed by atoms with Gasteiger partial charge >= 0.3 is 6.18 Å². The van der Waals surface area contributed by atoms with Gasteiger partial charge in [-0.2, -0.15) is 13.2 Å². The van der Waals surface area contributed by atoms with Gasteiger partial charge in [0.25, 0.3) is 0 Å². The summed E-state index contributed by atoms with van der Waals surface area (Å²) in [5, 5.41) is 27.2. The van der Waals surface area contributed by atoms with Crippen LogP contribution in [0.3, 0.4) is 0 Å². The minimum absolute atomic E-state index is 0.00611. The van der Waals surface area contributed by atoms with Crippen LogP contribution in [0.25, 0.3) is 0 Å². The number of anilines is 1. The summed E-state index contributed by atoms with van der Waals surface area (Å²) < 4.78 is 37.9. The Balaban J connectivity index is 0.000000197. The number of aliphatic hydroxyl groups is 3. The number of aromatic nitrogens is 1. The first-order chi connectivity index (χ1) is 12.2. The van der Waals surface area contributed by atoms with Gasteiger partial charge in [-0.15, -0.1) is 0 Å². The van der Waals surface area contributed by atoms with Crippen LogP contribution < -0.4 is 4.90 Å². The van der Waals surface area contributed by atoms with Gasteiger partial charge in [-0.25, -0.2) is 0 Å².